The van der Waals surface area contributed by atoms with Crippen molar-refractivity contribution in [2.45, 2.75) is 90.4 Å². The molecule has 0 aliphatic carbocycles. The summed E-state index contributed by atoms with van der Waals surface area (Å²) < 4.78 is 5.90. The zero-order valence-corrected chi connectivity index (χ0v) is 22.9. The van der Waals surface area contributed by atoms with Crippen molar-refractivity contribution in [2.24, 2.45) is 0 Å². The van der Waals surface area contributed by atoms with Crippen molar-refractivity contribution in [1.82, 2.24) is 5.32 Å². The summed E-state index contributed by atoms with van der Waals surface area (Å²) in [5.74, 6) is 2.09. The second-order valence-corrected chi connectivity index (χ2v) is 10.2. The smallest absolute Gasteiger partial charge is 0.251 e. The molecule has 1 atom stereocenters. The molecule has 3 aromatic carbocycles. The Morgan fingerprint density at radius 2 is 1.27 bits per heavy atom. The Morgan fingerprint density at radius 1 is 0.703 bits per heavy atom. The third kappa shape index (κ3) is 10.8. The average molecular weight is 500 g/mol. The molecule has 0 aromatic heterocycles. The molecule has 0 heterocycles. The van der Waals surface area contributed by atoms with Crippen molar-refractivity contribution in [3.05, 3.63) is 95.6 Å². The third-order valence-electron chi connectivity index (χ3n) is 7.00. The minimum absolute atomic E-state index is 0.0320. The van der Waals surface area contributed by atoms with Gasteiger partial charge in [-0.3, -0.25) is 4.79 Å². The van der Waals surface area contributed by atoms with E-state index >= 15 is 0 Å². The Bertz CT molecular complexity index is 1010. The molecule has 37 heavy (non-hydrogen) atoms. The summed E-state index contributed by atoms with van der Waals surface area (Å²) in [5.41, 5.74) is 3.26. The number of benzene rings is 3. The van der Waals surface area contributed by atoms with Crippen LogP contribution in [0.1, 0.15) is 105 Å². The highest BCUT2D eigenvalue weighted by Gasteiger charge is 2.09. The number of hydrogen-bond donors (Lipinski definition) is 1. The topological polar surface area (TPSA) is 38.3 Å². The molecule has 0 saturated heterocycles. The van der Waals surface area contributed by atoms with E-state index in [-0.39, 0.29) is 5.91 Å². The fourth-order valence-corrected chi connectivity index (χ4v) is 4.67. The second-order valence-electron chi connectivity index (χ2n) is 10.2. The predicted molar refractivity (Wildman–Crippen MR) is 156 cm³/mol. The first-order chi connectivity index (χ1) is 18.2. The van der Waals surface area contributed by atoms with Crippen LogP contribution in [0.3, 0.4) is 0 Å². The molecule has 3 nitrogen and oxygen atoms in total. The number of nitrogens with one attached hydrogen (secondary N) is 1. The van der Waals surface area contributed by atoms with E-state index in [2.05, 4.69) is 43.4 Å². The van der Waals surface area contributed by atoms with Crippen LogP contribution in [0.4, 0.5) is 0 Å². The summed E-state index contributed by atoms with van der Waals surface area (Å²) in [5, 5.41) is 3.08. The van der Waals surface area contributed by atoms with E-state index in [1.165, 1.54) is 68.9 Å². The first kappa shape index (κ1) is 28.5. The molecule has 0 bridgehead atoms. The van der Waals surface area contributed by atoms with Crippen molar-refractivity contribution in [3.63, 3.8) is 0 Å². The minimum Gasteiger partial charge on any atom is -0.457 e. The summed E-state index contributed by atoms with van der Waals surface area (Å²) in [7, 11) is 0. The van der Waals surface area contributed by atoms with Crippen LogP contribution in [-0.4, -0.2) is 12.5 Å². The highest BCUT2D eigenvalue weighted by molar-refractivity contribution is 5.94. The standard InChI is InChI=1S/C34H45NO2/c1-3-4-5-6-7-8-9-10-11-15-26-35-34(36)31-20-18-29(19-21-31)27-28(2)30-22-24-33(25-23-30)37-32-16-13-12-14-17-32/h12-14,16-25,28H,3-11,15,26-27H2,1-2H3,(H,35,36). The van der Waals surface area contributed by atoms with Gasteiger partial charge >= 0.3 is 0 Å². The molecule has 3 aromatic rings. The van der Waals surface area contributed by atoms with Gasteiger partial charge in [-0.05, 0) is 66.3 Å². The van der Waals surface area contributed by atoms with E-state index in [1.54, 1.807) is 0 Å². The van der Waals surface area contributed by atoms with Gasteiger partial charge in [-0.25, -0.2) is 0 Å². The van der Waals surface area contributed by atoms with Crippen molar-refractivity contribution >= 4 is 5.91 Å². The highest BCUT2D eigenvalue weighted by Crippen LogP contribution is 2.26. The Morgan fingerprint density at radius 3 is 1.89 bits per heavy atom. The van der Waals surface area contributed by atoms with Crippen LogP contribution < -0.4 is 10.1 Å². The third-order valence-corrected chi connectivity index (χ3v) is 7.00. The predicted octanol–water partition coefficient (Wildman–Crippen LogP) is 9.48. The molecule has 0 fully saturated rings. The van der Waals surface area contributed by atoms with Crippen LogP contribution in [0.2, 0.25) is 0 Å². The number of hydrogen-bond acceptors (Lipinski definition) is 2. The number of rotatable bonds is 17. The van der Waals surface area contributed by atoms with E-state index in [0.717, 1.165) is 36.4 Å². The van der Waals surface area contributed by atoms with E-state index in [4.69, 9.17) is 4.74 Å². The van der Waals surface area contributed by atoms with Crippen LogP contribution in [0.25, 0.3) is 0 Å². The van der Waals surface area contributed by atoms with Gasteiger partial charge in [0.25, 0.3) is 5.91 Å². The van der Waals surface area contributed by atoms with Crippen LogP contribution in [0.5, 0.6) is 11.5 Å². The summed E-state index contributed by atoms with van der Waals surface area (Å²) in [6.07, 6.45) is 14.0. The molecule has 3 heteroatoms. The number of amides is 1. The van der Waals surface area contributed by atoms with Crippen molar-refractivity contribution in [3.8, 4) is 11.5 Å². The average Bonchev–Trinajstić information content (AvgIpc) is 2.93. The van der Waals surface area contributed by atoms with Gasteiger partial charge in [0, 0.05) is 12.1 Å². The molecule has 1 amide bonds. The van der Waals surface area contributed by atoms with Crippen LogP contribution in [-0.2, 0) is 6.42 Å². The summed E-state index contributed by atoms with van der Waals surface area (Å²) >= 11 is 0. The molecular formula is C34H45NO2. The van der Waals surface area contributed by atoms with E-state index < -0.39 is 0 Å². The van der Waals surface area contributed by atoms with Gasteiger partial charge < -0.3 is 10.1 Å². The van der Waals surface area contributed by atoms with E-state index in [1.807, 2.05) is 54.6 Å². The van der Waals surface area contributed by atoms with E-state index in [9.17, 15) is 4.79 Å². The van der Waals surface area contributed by atoms with Gasteiger partial charge in [0.05, 0.1) is 0 Å². The molecule has 3 rings (SSSR count). The first-order valence-corrected chi connectivity index (χ1v) is 14.4. The van der Waals surface area contributed by atoms with Crippen LogP contribution in [0, 0.1) is 0 Å². The van der Waals surface area contributed by atoms with Gasteiger partial charge in [0.1, 0.15) is 11.5 Å². The maximum absolute atomic E-state index is 12.5. The number of unbranched alkanes of at least 4 members (excludes halogenated alkanes) is 9. The van der Waals surface area contributed by atoms with Gasteiger partial charge in [0.15, 0.2) is 0 Å². The molecule has 0 aliphatic heterocycles. The lowest BCUT2D eigenvalue weighted by Crippen LogP contribution is -2.24. The second kappa shape index (κ2) is 16.6. The SMILES string of the molecule is CCCCCCCCCCCCNC(=O)c1ccc(CC(C)c2ccc(Oc3ccccc3)cc2)cc1. The number of carbonyl (C=O) groups is 1. The van der Waals surface area contributed by atoms with Crippen molar-refractivity contribution < 1.29 is 9.53 Å². The van der Waals surface area contributed by atoms with E-state index in [0.29, 0.717) is 5.92 Å². The zero-order valence-electron chi connectivity index (χ0n) is 22.9. The molecule has 198 valence electrons. The highest BCUT2D eigenvalue weighted by atomic mass is 16.5. The monoisotopic (exact) mass is 499 g/mol. The van der Waals surface area contributed by atoms with Gasteiger partial charge in [-0.15, -0.1) is 0 Å². The normalized spacial score (nSPS) is 11.7. The largest absolute Gasteiger partial charge is 0.457 e. The molecule has 0 saturated carbocycles. The van der Waals surface area contributed by atoms with Gasteiger partial charge in [0.2, 0.25) is 0 Å². The first-order valence-electron chi connectivity index (χ1n) is 14.4. The fraction of sp³-hybridized carbons (Fsp3) is 0.441. The molecule has 0 spiro atoms. The summed E-state index contributed by atoms with van der Waals surface area (Å²) in [6, 6.07) is 26.2. The Hall–Kier alpha value is -3.07. The molecular weight excluding hydrogens is 454 g/mol. The van der Waals surface area contributed by atoms with Crippen molar-refractivity contribution in [2.75, 3.05) is 6.54 Å². The van der Waals surface area contributed by atoms with Crippen molar-refractivity contribution in [1.29, 1.82) is 0 Å². The van der Waals surface area contributed by atoms with Crippen LogP contribution >= 0.6 is 0 Å². The van der Waals surface area contributed by atoms with Gasteiger partial charge in [-0.1, -0.05) is 114 Å². The number of para-hydroxylation sites is 1. The minimum atomic E-state index is 0.0320. The molecule has 1 unspecified atom stereocenters. The quantitative estimate of drug-likeness (QED) is 0.188. The van der Waals surface area contributed by atoms with Gasteiger partial charge in [-0.2, -0.15) is 0 Å². The lowest BCUT2D eigenvalue weighted by atomic mass is 9.93. The Balaban J connectivity index is 1.32. The number of carbonyl (C=O) groups excluding carboxylic acids is 1. The Labute approximate surface area is 224 Å². The maximum atomic E-state index is 12.5. The zero-order chi connectivity index (χ0) is 26.1. The molecule has 1 N–H and O–H groups in total. The molecule has 0 radical (unpaired) electrons. The summed E-state index contributed by atoms with van der Waals surface area (Å²) in [6.45, 7) is 5.26. The maximum Gasteiger partial charge on any atom is 0.251 e. The fourth-order valence-electron chi connectivity index (χ4n) is 4.67. The lowest BCUT2D eigenvalue weighted by molar-refractivity contribution is 0.0953. The number of ether oxygens (including phenoxy) is 1. The molecule has 0 aliphatic rings. The summed E-state index contributed by atoms with van der Waals surface area (Å²) in [4.78, 5) is 12.5. The van der Waals surface area contributed by atoms with Crippen LogP contribution in [0.15, 0.2) is 78.9 Å². The Kier molecular flexibility index (Phi) is 12.8. The lowest BCUT2D eigenvalue weighted by Gasteiger charge is -2.14.